The quantitative estimate of drug-likeness (QED) is 0.251. The minimum absolute atomic E-state index is 0.0694. The number of benzene rings is 2. The zero-order chi connectivity index (χ0) is 23.8. The lowest BCUT2D eigenvalue weighted by Crippen LogP contribution is -2.28. The van der Waals surface area contributed by atoms with Crippen LogP contribution in [0.4, 0.5) is 0 Å². The molecule has 0 bridgehead atoms. The van der Waals surface area contributed by atoms with E-state index in [4.69, 9.17) is 9.57 Å². The van der Waals surface area contributed by atoms with Gasteiger partial charge in [0, 0.05) is 27.1 Å². The molecule has 1 aliphatic rings. The summed E-state index contributed by atoms with van der Waals surface area (Å²) in [6, 6.07) is 16.6. The highest BCUT2D eigenvalue weighted by molar-refractivity contribution is 9.10. The van der Waals surface area contributed by atoms with Crippen LogP contribution in [-0.2, 0) is 16.0 Å². The Morgan fingerprint density at radius 3 is 2.27 bits per heavy atom. The number of halogens is 1. The molecule has 170 valence electrons. The topological polar surface area (TPSA) is 69.9 Å². The molecule has 0 N–H and O–H groups in total. The molecule has 7 heteroatoms. The number of carbonyl (C=O) groups excluding carboxylic acids is 2. The number of hydrogen-bond acceptors (Lipinski definition) is 5. The fourth-order valence-electron chi connectivity index (χ4n) is 4.30. The molecule has 0 amide bonds. The second-order valence-corrected chi connectivity index (χ2v) is 9.85. The molecular formula is C26H25BrN2O4. The van der Waals surface area contributed by atoms with E-state index in [1.165, 1.54) is 19.2 Å². The lowest BCUT2D eigenvalue weighted by molar-refractivity contribution is 0.0494. The Balaban J connectivity index is 1.71. The van der Waals surface area contributed by atoms with Crippen LogP contribution in [0.5, 0.6) is 0 Å². The van der Waals surface area contributed by atoms with Crippen molar-refractivity contribution in [3.8, 4) is 5.69 Å². The molecule has 3 aromatic rings. The summed E-state index contributed by atoms with van der Waals surface area (Å²) in [7, 11) is 1.27. The largest absolute Gasteiger partial charge is 0.465 e. The minimum Gasteiger partial charge on any atom is -0.465 e. The first-order valence-corrected chi connectivity index (χ1v) is 11.4. The van der Waals surface area contributed by atoms with Crippen LogP contribution in [0.3, 0.4) is 0 Å². The van der Waals surface area contributed by atoms with E-state index in [1.807, 2.05) is 12.1 Å². The van der Waals surface area contributed by atoms with Gasteiger partial charge in [-0.2, -0.15) is 0 Å². The lowest BCUT2D eigenvalue weighted by Gasteiger charge is -2.31. The molecule has 0 radical (unpaired) electrons. The van der Waals surface area contributed by atoms with Crippen LogP contribution in [0.15, 0.2) is 64.2 Å². The average Bonchev–Trinajstić information content (AvgIpc) is 3.12. The van der Waals surface area contributed by atoms with E-state index >= 15 is 0 Å². The van der Waals surface area contributed by atoms with Crippen LogP contribution in [-0.4, -0.2) is 29.3 Å². The third-order valence-corrected chi connectivity index (χ3v) is 6.29. The Morgan fingerprint density at radius 1 is 1.00 bits per heavy atom. The first-order chi connectivity index (χ1) is 15.7. The van der Waals surface area contributed by atoms with Gasteiger partial charge in [-0.1, -0.05) is 47.1 Å². The highest BCUT2D eigenvalue weighted by Crippen LogP contribution is 2.38. The number of carbonyl (C=O) groups is 2. The highest BCUT2D eigenvalue weighted by Gasteiger charge is 2.34. The summed E-state index contributed by atoms with van der Waals surface area (Å²) in [5, 5.41) is 4.28. The van der Waals surface area contributed by atoms with Gasteiger partial charge in [-0.25, -0.2) is 9.59 Å². The molecule has 0 spiro atoms. The molecular weight excluding hydrogens is 484 g/mol. The van der Waals surface area contributed by atoms with Gasteiger partial charge in [-0.3, -0.25) is 0 Å². The van der Waals surface area contributed by atoms with Crippen LogP contribution in [0.1, 0.15) is 57.9 Å². The van der Waals surface area contributed by atoms with Gasteiger partial charge >= 0.3 is 11.9 Å². The second-order valence-electron chi connectivity index (χ2n) is 8.93. The van der Waals surface area contributed by atoms with Crippen molar-refractivity contribution in [2.24, 2.45) is 10.6 Å². The third-order valence-electron chi connectivity index (χ3n) is 5.77. The Morgan fingerprint density at radius 2 is 1.64 bits per heavy atom. The molecule has 1 aliphatic carbocycles. The zero-order valence-electron chi connectivity index (χ0n) is 19.0. The Hall–Kier alpha value is -3.19. The summed E-state index contributed by atoms with van der Waals surface area (Å²) in [6.45, 7) is 6.41. The van der Waals surface area contributed by atoms with Crippen molar-refractivity contribution in [1.82, 2.24) is 4.57 Å². The van der Waals surface area contributed by atoms with Gasteiger partial charge in [-0.05, 0) is 67.6 Å². The summed E-state index contributed by atoms with van der Waals surface area (Å²) in [5.74, 6) is -1.30. The van der Waals surface area contributed by atoms with E-state index < -0.39 is 11.9 Å². The third kappa shape index (κ3) is 4.64. The van der Waals surface area contributed by atoms with Crippen molar-refractivity contribution in [1.29, 1.82) is 0 Å². The molecule has 0 atom stereocenters. The van der Waals surface area contributed by atoms with Crippen molar-refractivity contribution >= 4 is 33.6 Å². The molecule has 0 saturated carbocycles. The summed E-state index contributed by atoms with van der Waals surface area (Å²) in [4.78, 5) is 30.1. The number of esters is 1. The summed E-state index contributed by atoms with van der Waals surface area (Å²) >= 11 is 3.50. The van der Waals surface area contributed by atoms with Gasteiger partial charge in [0.15, 0.2) is 0 Å². The predicted molar refractivity (Wildman–Crippen MR) is 130 cm³/mol. The maximum Gasteiger partial charge on any atom is 0.366 e. The van der Waals surface area contributed by atoms with Gasteiger partial charge in [0.2, 0.25) is 0 Å². The highest BCUT2D eigenvalue weighted by atomic mass is 79.9. The molecule has 0 saturated heterocycles. The van der Waals surface area contributed by atoms with Gasteiger partial charge in [0.1, 0.15) is 0 Å². The number of hydrogen-bond donors (Lipinski definition) is 0. The minimum atomic E-state index is -0.697. The standard InChI is InChI=1S/C26H25BrN2O4/c1-16-13-21-22(28-33-25(31)20-8-6-5-7-19(20)24(30)32-4)14-26(2,3)15-23(21)29(16)18-11-9-17(27)10-12-18/h5-13H,14-15H2,1-4H3/b28-22+. The first-order valence-electron chi connectivity index (χ1n) is 10.6. The van der Waals surface area contributed by atoms with Crippen LogP contribution in [0.25, 0.3) is 5.69 Å². The van der Waals surface area contributed by atoms with Crippen LogP contribution in [0.2, 0.25) is 0 Å². The van der Waals surface area contributed by atoms with Crippen molar-refractivity contribution < 1.29 is 19.2 Å². The molecule has 1 aromatic heterocycles. The molecule has 4 rings (SSSR count). The van der Waals surface area contributed by atoms with E-state index in [1.54, 1.807) is 12.1 Å². The number of methoxy groups -OCH3 is 1. The number of nitrogens with zero attached hydrogens (tertiary/aromatic N) is 2. The first kappa shape index (κ1) is 23.0. The molecule has 2 aromatic carbocycles. The Labute approximate surface area is 201 Å². The van der Waals surface area contributed by atoms with Gasteiger partial charge in [0.25, 0.3) is 0 Å². The maximum absolute atomic E-state index is 12.8. The Bertz CT molecular complexity index is 1260. The van der Waals surface area contributed by atoms with Gasteiger partial charge < -0.3 is 14.1 Å². The summed E-state index contributed by atoms with van der Waals surface area (Å²) in [5.41, 5.74) is 5.16. The van der Waals surface area contributed by atoms with E-state index in [0.29, 0.717) is 12.1 Å². The SMILES string of the molecule is COC(=O)c1ccccc1C(=O)O/N=C1\CC(C)(C)Cc2c1cc(C)n2-c1ccc(Br)cc1. The molecule has 33 heavy (non-hydrogen) atoms. The number of oxime groups is 1. The summed E-state index contributed by atoms with van der Waals surface area (Å²) < 4.78 is 8.02. The van der Waals surface area contributed by atoms with Crippen molar-refractivity contribution in [3.63, 3.8) is 0 Å². The number of aromatic nitrogens is 1. The lowest BCUT2D eigenvalue weighted by atomic mass is 9.76. The molecule has 1 heterocycles. The number of ether oxygens (including phenoxy) is 1. The number of fused-ring (bicyclic) bond motifs is 1. The van der Waals surface area contributed by atoms with E-state index in [9.17, 15) is 9.59 Å². The second kappa shape index (κ2) is 8.98. The number of aryl methyl sites for hydroxylation is 1. The monoisotopic (exact) mass is 508 g/mol. The van der Waals surface area contributed by atoms with Crippen molar-refractivity contribution in [2.45, 2.75) is 33.6 Å². The maximum atomic E-state index is 12.8. The predicted octanol–water partition coefficient (Wildman–Crippen LogP) is 5.87. The van der Waals surface area contributed by atoms with Crippen molar-refractivity contribution in [3.05, 3.63) is 87.1 Å². The van der Waals surface area contributed by atoms with Gasteiger partial charge in [-0.15, -0.1) is 0 Å². The fraction of sp³-hybridized carbons (Fsp3) is 0.269. The molecule has 0 aliphatic heterocycles. The zero-order valence-corrected chi connectivity index (χ0v) is 20.6. The van der Waals surface area contributed by atoms with Crippen LogP contribution < -0.4 is 0 Å². The Kier molecular flexibility index (Phi) is 6.26. The fourth-order valence-corrected chi connectivity index (χ4v) is 4.57. The average molecular weight is 509 g/mol. The number of rotatable bonds is 4. The smallest absolute Gasteiger partial charge is 0.366 e. The van der Waals surface area contributed by atoms with Crippen LogP contribution >= 0.6 is 15.9 Å². The van der Waals surface area contributed by atoms with Crippen LogP contribution in [0, 0.1) is 12.3 Å². The van der Waals surface area contributed by atoms with E-state index in [0.717, 1.165) is 33.5 Å². The van der Waals surface area contributed by atoms with Gasteiger partial charge in [0.05, 0.1) is 23.9 Å². The molecule has 0 unspecified atom stereocenters. The van der Waals surface area contributed by atoms with E-state index in [2.05, 4.69) is 64.6 Å². The normalized spacial score (nSPS) is 15.7. The molecule has 0 fully saturated rings. The summed E-state index contributed by atoms with van der Waals surface area (Å²) in [6.07, 6.45) is 1.53. The van der Waals surface area contributed by atoms with Crippen molar-refractivity contribution in [2.75, 3.05) is 7.11 Å². The van der Waals surface area contributed by atoms with E-state index in [-0.39, 0.29) is 16.5 Å². The molecule has 6 nitrogen and oxygen atoms in total.